The topological polar surface area (TPSA) is 44.1 Å². The van der Waals surface area contributed by atoms with Gasteiger partial charge in [-0.05, 0) is 24.6 Å². The zero-order valence-electron chi connectivity index (χ0n) is 12.9. The van der Waals surface area contributed by atoms with Crippen LogP contribution in [0, 0.1) is 6.92 Å². The van der Waals surface area contributed by atoms with Gasteiger partial charge in [-0.1, -0.05) is 12.1 Å². The summed E-state index contributed by atoms with van der Waals surface area (Å²) in [5.41, 5.74) is 1.65. The quantitative estimate of drug-likeness (QED) is 0.784. The van der Waals surface area contributed by atoms with E-state index in [0.29, 0.717) is 23.3 Å². The summed E-state index contributed by atoms with van der Waals surface area (Å²) in [6.07, 6.45) is -0.0987. The van der Waals surface area contributed by atoms with Crippen LogP contribution in [0.4, 0.5) is 13.2 Å². The summed E-state index contributed by atoms with van der Waals surface area (Å²) < 4.78 is 44.4. The van der Waals surface area contributed by atoms with E-state index in [-0.39, 0.29) is 18.2 Å². The molecule has 2 heterocycles. The number of aromatic nitrogens is 2. The van der Waals surface area contributed by atoms with E-state index in [9.17, 15) is 18.0 Å². The fourth-order valence-electron chi connectivity index (χ4n) is 2.65. The van der Waals surface area contributed by atoms with Crippen molar-refractivity contribution in [1.29, 1.82) is 0 Å². The lowest BCUT2D eigenvalue weighted by atomic mass is 9.99. The number of ketones is 1. The second-order valence-electron chi connectivity index (χ2n) is 5.58. The number of hydrogen-bond acceptors (Lipinski definition) is 3. The normalized spacial score (nSPS) is 16.7. The monoisotopic (exact) mass is 336 g/mol. The maximum Gasteiger partial charge on any atom is 0.406 e. The third-order valence-corrected chi connectivity index (χ3v) is 3.77. The molecule has 0 fully saturated rings. The molecule has 24 heavy (non-hydrogen) atoms. The lowest BCUT2D eigenvalue weighted by Gasteiger charge is -2.09. The van der Waals surface area contributed by atoms with Crippen molar-refractivity contribution in [3.8, 4) is 5.75 Å². The molecule has 3 rings (SSSR count). The standard InChI is InChI=1S/C17H15F3N2O2/c1-11-3-2-4-13-15(23)12(5-8-24-16(11)13)9-14-21-6-7-22(14)10-17(18,19)20/h2-4,6-7,9H,5,8,10H2,1H3. The second-order valence-corrected chi connectivity index (χ2v) is 5.58. The van der Waals surface area contributed by atoms with Gasteiger partial charge in [0.25, 0.3) is 0 Å². The Morgan fingerprint density at radius 2 is 2.17 bits per heavy atom. The minimum absolute atomic E-state index is 0.103. The smallest absolute Gasteiger partial charge is 0.406 e. The Morgan fingerprint density at radius 3 is 2.92 bits per heavy atom. The predicted molar refractivity (Wildman–Crippen MR) is 81.9 cm³/mol. The van der Waals surface area contributed by atoms with Crippen LogP contribution < -0.4 is 4.74 Å². The maximum atomic E-state index is 12.7. The van der Waals surface area contributed by atoms with E-state index in [1.807, 2.05) is 13.0 Å². The molecule has 0 amide bonds. The molecule has 1 aliphatic heterocycles. The Bertz CT molecular complexity index is 806. The van der Waals surface area contributed by atoms with Crippen molar-refractivity contribution in [2.45, 2.75) is 26.1 Å². The van der Waals surface area contributed by atoms with E-state index < -0.39 is 12.7 Å². The Labute approximate surface area is 136 Å². The van der Waals surface area contributed by atoms with Crippen LogP contribution in [0.2, 0.25) is 0 Å². The van der Waals surface area contributed by atoms with Gasteiger partial charge in [0, 0.05) is 24.4 Å². The number of halogens is 3. The van der Waals surface area contributed by atoms with Crippen LogP contribution in [-0.2, 0) is 6.54 Å². The number of benzene rings is 1. The fourth-order valence-corrected chi connectivity index (χ4v) is 2.65. The number of fused-ring (bicyclic) bond motifs is 1. The van der Waals surface area contributed by atoms with Gasteiger partial charge in [-0.15, -0.1) is 0 Å². The maximum absolute atomic E-state index is 12.7. The number of imidazole rings is 1. The number of hydrogen-bond donors (Lipinski definition) is 0. The van der Waals surface area contributed by atoms with Crippen LogP contribution in [0.25, 0.3) is 6.08 Å². The number of nitrogens with zero attached hydrogens (tertiary/aromatic N) is 2. The summed E-state index contributed by atoms with van der Waals surface area (Å²) >= 11 is 0. The van der Waals surface area contributed by atoms with Crippen molar-refractivity contribution in [1.82, 2.24) is 9.55 Å². The van der Waals surface area contributed by atoms with Gasteiger partial charge in [-0.3, -0.25) is 4.79 Å². The summed E-state index contributed by atoms with van der Waals surface area (Å²) in [7, 11) is 0. The number of para-hydroxylation sites is 1. The first-order chi connectivity index (χ1) is 11.3. The van der Waals surface area contributed by atoms with E-state index >= 15 is 0 Å². The minimum Gasteiger partial charge on any atom is -0.492 e. The molecule has 0 bridgehead atoms. The van der Waals surface area contributed by atoms with Gasteiger partial charge in [0.2, 0.25) is 0 Å². The van der Waals surface area contributed by atoms with E-state index in [0.717, 1.165) is 10.1 Å². The fraction of sp³-hybridized carbons (Fsp3) is 0.294. The highest BCUT2D eigenvalue weighted by atomic mass is 19.4. The molecule has 0 unspecified atom stereocenters. The van der Waals surface area contributed by atoms with Crippen molar-refractivity contribution in [2.75, 3.05) is 6.61 Å². The van der Waals surface area contributed by atoms with Gasteiger partial charge >= 0.3 is 6.18 Å². The van der Waals surface area contributed by atoms with E-state index in [2.05, 4.69) is 4.98 Å². The molecular weight excluding hydrogens is 321 g/mol. The molecule has 2 aromatic rings. The summed E-state index contributed by atoms with van der Waals surface area (Å²) in [4.78, 5) is 16.6. The molecule has 1 aromatic heterocycles. The average molecular weight is 336 g/mol. The third kappa shape index (κ3) is 3.34. The third-order valence-electron chi connectivity index (χ3n) is 3.77. The molecule has 4 nitrogen and oxygen atoms in total. The number of carbonyl (C=O) groups excluding carboxylic acids is 1. The number of aryl methyl sites for hydroxylation is 1. The molecule has 1 aliphatic rings. The van der Waals surface area contributed by atoms with Crippen molar-refractivity contribution in [3.63, 3.8) is 0 Å². The van der Waals surface area contributed by atoms with E-state index in [4.69, 9.17) is 4.74 Å². The first-order valence-electron chi connectivity index (χ1n) is 7.41. The molecule has 0 N–H and O–H groups in total. The Kier molecular flexibility index (Phi) is 4.17. The molecule has 0 spiro atoms. The van der Waals surface area contributed by atoms with Crippen molar-refractivity contribution < 1.29 is 22.7 Å². The van der Waals surface area contributed by atoms with Gasteiger partial charge in [-0.25, -0.2) is 4.98 Å². The van der Waals surface area contributed by atoms with Gasteiger partial charge in [-0.2, -0.15) is 13.2 Å². The average Bonchev–Trinajstić information content (AvgIpc) is 2.84. The molecule has 1 aromatic carbocycles. The van der Waals surface area contributed by atoms with Crippen LogP contribution in [0.1, 0.15) is 28.2 Å². The number of rotatable bonds is 2. The largest absolute Gasteiger partial charge is 0.492 e. The molecule has 126 valence electrons. The van der Waals surface area contributed by atoms with Crippen molar-refractivity contribution in [3.05, 3.63) is 53.1 Å². The molecular formula is C17H15F3N2O2. The number of Topliss-reactive ketones (excluding diaryl/α,β-unsaturated/α-hetero) is 1. The highest BCUT2D eigenvalue weighted by Crippen LogP contribution is 2.30. The molecule has 0 saturated carbocycles. The summed E-state index contributed by atoms with van der Waals surface area (Å²) in [5, 5.41) is 0. The number of alkyl halides is 3. The van der Waals surface area contributed by atoms with Gasteiger partial charge in [0.05, 0.1) is 12.2 Å². The molecule has 0 radical (unpaired) electrons. The first kappa shape index (κ1) is 16.3. The second kappa shape index (κ2) is 6.14. The van der Waals surface area contributed by atoms with Crippen LogP contribution in [0.5, 0.6) is 5.75 Å². The summed E-state index contributed by atoms with van der Waals surface area (Å²) in [5.74, 6) is 0.393. The molecule has 0 saturated heterocycles. The summed E-state index contributed by atoms with van der Waals surface area (Å²) in [6.45, 7) is 0.985. The highest BCUT2D eigenvalue weighted by Gasteiger charge is 2.29. The van der Waals surface area contributed by atoms with Crippen LogP contribution in [-0.4, -0.2) is 28.1 Å². The van der Waals surface area contributed by atoms with E-state index in [1.54, 1.807) is 12.1 Å². The van der Waals surface area contributed by atoms with E-state index in [1.165, 1.54) is 18.5 Å². The number of carbonyl (C=O) groups is 1. The Morgan fingerprint density at radius 1 is 1.38 bits per heavy atom. The van der Waals surface area contributed by atoms with Gasteiger partial charge in [0.15, 0.2) is 5.78 Å². The Hall–Kier alpha value is -2.57. The lowest BCUT2D eigenvalue weighted by molar-refractivity contribution is -0.140. The van der Waals surface area contributed by atoms with Crippen molar-refractivity contribution >= 4 is 11.9 Å². The summed E-state index contributed by atoms with van der Waals surface area (Å²) in [6, 6.07) is 5.26. The molecule has 0 aliphatic carbocycles. The predicted octanol–water partition coefficient (Wildman–Crippen LogP) is 3.80. The minimum atomic E-state index is -4.35. The van der Waals surface area contributed by atoms with Crippen LogP contribution in [0.3, 0.4) is 0 Å². The Balaban J connectivity index is 1.97. The van der Waals surface area contributed by atoms with Gasteiger partial charge < -0.3 is 9.30 Å². The molecule has 0 atom stereocenters. The van der Waals surface area contributed by atoms with Crippen molar-refractivity contribution in [2.24, 2.45) is 0 Å². The number of ether oxygens (including phenoxy) is 1. The van der Waals surface area contributed by atoms with Crippen LogP contribution >= 0.6 is 0 Å². The lowest BCUT2D eigenvalue weighted by Crippen LogP contribution is -2.18. The highest BCUT2D eigenvalue weighted by molar-refractivity contribution is 6.13. The SMILES string of the molecule is Cc1cccc2c1OCCC(=Cc1nccn1CC(F)(F)F)C2=O. The van der Waals surface area contributed by atoms with Gasteiger partial charge in [0.1, 0.15) is 18.1 Å². The zero-order valence-corrected chi connectivity index (χ0v) is 12.9. The first-order valence-corrected chi connectivity index (χ1v) is 7.41. The zero-order chi connectivity index (χ0) is 17.3. The van der Waals surface area contributed by atoms with Crippen LogP contribution in [0.15, 0.2) is 36.2 Å². The molecule has 7 heteroatoms.